The van der Waals surface area contributed by atoms with E-state index in [1.165, 1.54) is 0 Å². The standard InChI is InChI=1S/C15H18N2O2/c1-3-7-19-14-9-16-17(10-14)11-15(18)13-6-4-5-12(2)8-13/h4-6,8-10H,3,7,11H2,1-2H3. The van der Waals surface area contributed by atoms with E-state index >= 15 is 0 Å². The summed E-state index contributed by atoms with van der Waals surface area (Å²) in [7, 11) is 0. The number of rotatable bonds is 6. The number of ether oxygens (including phenoxy) is 1. The number of carbonyl (C=O) groups excluding carboxylic acids is 1. The highest BCUT2D eigenvalue weighted by Crippen LogP contribution is 2.10. The maximum Gasteiger partial charge on any atom is 0.184 e. The van der Waals surface area contributed by atoms with Crippen LogP contribution in [0.5, 0.6) is 5.75 Å². The van der Waals surface area contributed by atoms with Crippen LogP contribution in [0.15, 0.2) is 36.7 Å². The van der Waals surface area contributed by atoms with E-state index < -0.39 is 0 Å². The minimum absolute atomic E-state index is 0.0499. The molecule has 0 unspecified atom stereocenters. The van der Waals surface area contributed by atoms with Gasteiger partial charge in [-0.05, 0) is 19.4 Å². The fourth-order valence-electron chi connectivity index (χ4n) is 1.78. The van der Waals surface area contributed by atoms with Crippen molar-refractivity contribution in [2.24, 2.45) is 0 Å². The van der Waals surface area contributed by atoms with E-state index in [2.05, 4.69) is 5.10 Å². The fraction of sp³-hybridized carbons (Fsp3) is 0.333. The third-order valence-electron chi connectivity index (χ3n) is 2.73. The lowest BCUT2D eigenvalue weighted by molar-refractivity contribution is 0.0967. The molecule has 0 spiro atoms. The molecule has 1 aromatic carbocycles. The van der Waals surface area contributed by atoms with Crippen LogP contribution in [0.3, 0.4) is 0 Å². The van der Waals surface area contributed by atoms with E-state index in [0.717, 1.165) is 12.0 Å². The van der Waals surface area contributed by atoms with Crippen LogP contribution in [-0.4, -0.2) is 22.2 Å². The van der Waals surface area contributed by atoms with Gasteiger partial charge in [0, 0.05) is 5.56 Å². The van der Waals surface area contributed by atoms with Crippen LogP contribution >= 0.6 is 0 Å². The molecule has 0 aliphatic heterocycles. The lowest BCUT2D eigenvalue weighted by Crippen LogP contribution is -2.10. The summed E-state index contributed by atoms with van der Waals surface area (Å²) in [5, 5.41) is 4.13. The Labute approximate surface area is 113 Å². The summed E-state index contributed by atoms with van der Waals surface area (Å²) in [6.07, 6.45) is 4.34. The molecule has 0 saturated carbocycles. The first kappa shape index (κ1) is 13.3. The molecule has 1 heterocycles. The Kier molecular flexibility index (Phi) is 4.34. The lowest BCUT2D eigenvalue weighted by Gasteiger charge is -2.02. The molecule has 0 amide bonds. The summed E-state index contributed by atoms with van der Waals surface area (Å²) in [6, 6.07) is 7.58. The minimum Gasteiger partial charge on any atom is -0.490 e. The normalized spacial score (nSPS) is 10.4. The Balaban J connectivity index is 2.00. The molecule has 0 aliphatic rings. The van der Waals surface area contributed by atoms with E-state index in [9.17, 15) is 4.79 Å². The largest absolute Gasteiger partial charge is 0.490 e. The van der Waals surface area contributed by atoms with Crippen LogP contribution < -0.4 is 4.74 Å². The molecule has 0 radical (unpaired) electrons. The zero-order valence-corrected chi connectivity index (χ0v) is 11.3. The van der Waals surface area contributed by atoms with Crippen molar-refractivity contribution in [2.45, 2.75) is 26.8 Å². The molecule has 0 aliphatic carbocycles. The first-order valence-electron chi connectivity index (χ1n) is 6.44. The van der Waals surface area contributed by atoms with Gasteiger partial charge in [0.15, 0.2) is 11.5 Å². The molecule has 1 aromatic heterocycles. The summed E-state index contributed by atoms with van der Waals surface area (Å²) < 4.78 is 7.05. The number of carbonyl (C=O) groups is 1. The minimum atomic E-state index is 0.0499. The van der Waals surface area contributed by atoms with Crippen molar-refractivity contribution >= 4 is 5.78 Å². The molecule has 2 aromatic rings. The molecule has 0 bridgehead atoms. The summed E-state index contributed by atoms with van der Waals surface area (Å²) in [5.41, 5.74) is 1.80. The Morgan fingerprint density at radius 1 is 1.42 bits per heavy atom. The Morgan fingerprint density at radius 2 is 2.26 bits per heavy atom. The van der Waals surface area contributed by atoms with Gasteiger partial charge in [0.2, 0.25) is 0 Å². The van der Waals surface area contributed by atoms with Crippen LogP contribution in [0, 0.1) is 6.92 Å². The van der Waals surface area contributed by atoms with Crippen molar-refractivity contribution in [1.29, 1.82) is 0 Å². The molecule has 0 fully saturated rings. The third-order valence-corrected chi connectivity index (χ3v) is 2.73. The third kappa shape index (κ3) is 3.68. The van der Waals surface area contributed by atoms with E-state index in [-0.39, 0.29) is 12.3 Å². The second-order valence-electron chi connectivity index (χ2n) is 4.51. The predicted octanol–water partition coefficient (Wildman–Crippen LogP) is 2.86. The Morgan fingerprint density at radius 3 is 3.00 bits per heavy atom. The van der Waals surface area contributed by atoms with Crippen LogP contribution in [0.25, 0.3) is 0 Å². The number of ketones is 1. The van der Waals surface area contributed by atoms with E-state index in [1.54, 1.807) is 17.1 Å². The molecule has 0 atom stereocenters. The van der Waals surface area contributed by atoms with Gasteiger partial charge in [0.25, 0.3) is 0 Å². The predicted molar refractivity (Wildman–Crippen MR) is 73.5 cm³/mol. The van der Waals surface area contributed by atoms with Crippen LogP contribution in [0.1, 0.15) is 29.3 Å². The van der Waals surface area contributed by atoms with Crippen LogP contribution in [-0.2, 0) is 6.54 Å². The van der Waals surface area contributed by atoms with Crippen molar-refractivity contribution in [3.8, 4) is 5.75 Å². The number of benzene rings is 1. The van der Waals surface area contributed by atoms with Gasteiger partial charge in [-0.3, -0.25) is 9.48 Å². The average Bonchev–Trinajstić information content (AvgIpc) is 2.84. The van der Waals surface area contributed by atoms with Gasteiger partial charge in [-0.15, -0.1) is 0 Å². The first-order valence-corrected chi connectivity index (χ1v) is 6.44. The number of hydrogen-bond acceptors (Lipinski definition) is 3. The van der Waals surface area contributed by atoms with Crippen molar-refractivity contribution < 1.29 is 9.53 Å². The second-order valence-corrected chi connectivity index (χ2v) is 4.51. The molecule has 2 rings (SSSR count). The zero-order valence-electron chi connectivity index (χ0n) is 11.3. The summed E-state index contributed by atoms with van der Waals surface area (Å²) >= 11 is 0. The van der Waals surface area contributed by atoms with Gasteiger partial charge in [0.05, 0.1) is 19.0 Å². The fourth-order valence-corrected chi connectivity index (χ4v) is 1.78. The monoisotopic (exact) mass is 258 g/mol. The van der Waals surface area contributed by atoms with Crippen molar-refractivity contribution in [1.82, 2.24) is 9.78 Å². The quantitative estimate of drug-likeness (QED) is 0.748. The number of nitrogens with zero attached hydrogens (tertiary/aromatic N) is 2. The second kappa shape index (κ2) is 6.18. The maximum absolute atomic E-state index is 12.1. The molecular formula is C15H18N2O2. The Hall–Kier alpha value is -2.10. The molecule has 0 N–H and O–H groups in total. The number of aromatic nitrogens is 2. The zero-order chi connectivity index (χ0) is 13.7. The van der Waals surface area contributed by atoms with Gasteiger partial charge < -0.3 is 4.74 Å². The molecule has 100 valence electrons. The highest BCUT2D eigenvalue weighted by Gasteiger charge is 2.08. The van der Waals surface area contributed by atoms with E-state index in [1.807, 2.05) is 38.1 Å². The smallest absolute Gasteiger partial charge is 0.184 e. The molecular weight excluding hydrogens is 240 g/mol. The Bertz CT molecular complexity index is 561. The number of aryl methyl sites for hydroxylation is 1. The summed E-state index contributed by atoms with van der Waals surface area (Å²) in [4.78, 5) is 12.1. The molecule has 19 heavy (non-hydrogen) atoms. The molecule has 4 heteroatoms. The van der Waals surface area contributed by atoms with Gasteiger partial charge >= 0.3 is 0 Å². The van der Waals surface area contributed by atoms with Crippen molar-refractivity contribution in [3.63, 3.8) is 0 Å². The highest BCUT2D eigenvalue weighted by atomic mass is 16.5. The van der Waals surface area contributed by atoms with E-state index in [4.69, 9.17) is 4.74 Å². The summed E-state index contributed by atoms with van der Waals surface area (Å²) in [6.45, 7) is 4.92. The van der Waals surface area contributed by atoms with Gasteiger partial charge in [-0.2, -0.15) is 5.10 Å². The van der Waals surface area contributed by atoms with Gasteiger partial charge in [-0.25, -0.2) is 0 Å². The SMILES string of the molecule is CCCOc1cnn(CC(=O)c2cccc(C)c2)c1. The van der Waals surface area contributed by atoms with E-state index in [0.29, 0.717) is 17.9 Å². The van der Waals surface area contributed by atoms with Gasteiger partial charge in [-0.1, -0.05) is 30.7 Å². The first-order chi connectivity index (χ1) is 9.19. The van der Waals surface area contributed by atoms with Crippen molar-refractivity contribution in [3.05, 3.63) is 47.8 Å². The number of Topliss-reactive ketones (excluding diaryl/α,β-unsaturated/α-hetero) is 1. The maximum atomic E-state index is 12.1. The highest BCUT2D eigenvalue weighted by molar-refractivity contribution is 5.95. The van der Waals surface area contributed by atoms with Crippen molar-refractivity contribution in [2.75, 3.05) is 6.61 Å². The lowest BCUT2D eigenvalue weighted by atomic mass is 10.1. The van der Waals surface area contributed by atoms with Crippen LogP contribution in [0.4, 0.5) is 0 Å². The van der Waals surface area contributed by atoms with Gasteiger partial charge in [0.1, 0.15) is 6.54 Å². The number of hydrogen-bond donors (Lipinski definition) is 0. The molecule has 0 saturated heterocycles. The molecule has 4 nitrogen and oxygen atoms in total. The summed E-state index contributed by atoms with van der Waals surface area (Å²) in [5.74, 6) is 0.757. The van der Waals surface area contributed by atoms with Crippen LogP contribution in [0.2, 0.25) is 0 Å². The average molecular weight is 258 g/mol. The topological polar surface area (TPSA) is 44.1 Å².